The van der Waals surface area contributed by atoms with Crippen LogP contribution < -0.4 is 0 Å². The van der Waals surface area contributed by atoms with Crippen LogP contribution in [0.15, 0.2) is 59.6 Å². The van der Waals surface area contributed by atoms with Gasteiger partial charge in [-0.25, -0.2) is 0 Å². The molecule has 1 aromatic carbocycles. The largest absolute Gasteiger partial charge is 0.345 e. The molecule has 0 spiro atoms. The minimum absolute atomic E-state index is 0.769. The number of nitrogens with one attached hydrogen (secondary N) is 1. The zero-order valence-corrected chi connectivity index (χ0v) is 8.45. The fourth-order valence-corrected chi connectivity index (χ4v) is 1.11. The highest BCUT2D eigenvalue weighted by Gasteiger charge is 1.98. The summed E-state index contributed by atoms with van der Waals surface area (Å²) >= 11 is 0. The maximum absolute atomic E-state index is 4.61. The molecule has 0 unspecified atom stereocenters. The average molecular weight is 214 g/mol. The summed E-state index contributed by atoms with van der Waals surface area (Å²) < 4.78 is 4.61. The molecule has 3 rings (SSSR count). The van der Waals surface area contributed by atoms with Crippen molar-refractivity contribution >= 4 is 0 Å². The van der Waals surface area contributed by atoms with Crippen molar-refractivity contribution in [1.29, 1.82) is 0 Å². The lowest BCUT2D eigenvalue weighted by molar-refractivity contribution is 0.393. The van der Waals surface area contributed by atoms with E-state index in [-0.39, 0.29) is 0 Å². The Morgan fingerprint density at radius 1 is 1.06 bits per heavy atom. The second-order valence-electron chi connectivity index (χ2n) is 2.92. The quantitative estimate of drug-likeness (QED) is 0.673. The molecule has 5 heteroatoms. The van der Waals surface area contributed by atoms with E-state index in [9.17, 15) is 0 Å². The maximum Gasteiger partial charge on any atom is 0.152 e. The Bertz CT molecular complexity index is 459. The van der Waals surface area contributed by atoms with Crippen LogP contribution in [-0.4, -0.2) is 20.6 Å². The molecule has 5 nitrogen and oxygen atoms in total. The van der Waals surface area contributed by atoms with Crippen molar-refractivity contribution in [2.24, 2.45) is 0 Å². The molecule has 0 fully saturated rings. The van der Waals surface area contributed by atoms with E-state index in [1.807, 2.05) is 36.4 Å². The predicted molar refractivity (Wildman–Crippen MR) is 58.3 cm³/mol. The van der Waals surface area contributed by atoms with Gasteiger partial charge >= 0.3 is 0 Å². The number of H-pyrrole nitrogens is 1. The molecule has 16 heavy (non-hydrogen) atoms. The van der Waals surface area contributed by atoms with E-state index < -0.39 is 0 Å². The van der Waals surface area contributed by atoms with E-state index in [1.165, 1.54) is 6.26 Å². The molecule has 0 radical (unpaired) electrons. The van der Waals surface area contributed by atoms with Gasteiger partial charge in [0, 0.05) is 23.2 Å². The van der Waals surface area contributed by atoms with Crippen LogP contribution in [0, 0.1) is 0 Å². The lowest BCUT2D eigenvalue weighted by atomic mass is 10.2. The number of nitrogens with zero attached hydrogens (tertiary/aromatic N) is 3. The van der Waals surface area contributed by atoms with E-state index in [1.54, 1.807) is 12.4 Å². The molecule has 1 N–H and O–H groups in total. The van der Waals surface area contributed by atoms with Gasteiger partial charge in [0.15, 0.2) is 6.26 Å². The van der Waals surface area contributed by atoms with Gasteiger partial charge in [0.05, 0.1) is 0 Å². The minimum atomic E-state index is 0.769. The minimum Gasteiger partial charge on any atom is -0.345 e. The summed E-state index contributed by atoms with van der Waals surface area (Å²) in [6, 6.07) is 11.6. The molecule has 0 amide bonds. The molecule has 0 aliphatic heterocycles. The van der Waals surface area contributed by atoms with E-state index >= 15 is 0 Å². The van der Waals surface area contributed by atoms with Crippen molar-refractivity contribution in [3.63, 3.8) is 0 Å². The molecule has 3 aromatic rings. The average Bonchev–Trinajstić information content (AvgIpc) is 3.07. The number of hydrogen-bond donors (Lipinski definition) is 1. The fraction of sp³-hybridized carbons (Fsp3) is 0. The van der Waals surface area contributed by atoms with Gasteiger partial charge in [-0.2, -0.15) is 5.10 Å². The van der Waals surface area contributed by atoms with E-state index in [0.717, 1.165) is 11.3 Å². The van der Waals surface area contributed by atoms with Crippen LogP contribution in [0.3, 0.4) is 0 Å². The third-order valence-corrected chi connectivity index (χ3v) is 1.84. The zero-order valence-electron chi connectivity index (χ0n) is 8.45. The third kappa shape index (κ3) is 2.78. The van der Waals surface area contributed by atoms with Crippen molar-refractivity contribution in [3.05, 3.63) is 55.1 Å². The molecular weight excluding hydrogens is 204 g/mol. The molecule has 0 saturated carbocycles. The highest BCUT2D eigenvalue weighted by Crippen LogP contribution is 2.13. The highest BCUT2D eigenvalue weighted by molar-refractivity contribution is 5.56. The Morgan fingerprint density at radius 2 is 1.94 bits per heavy atom. The van der Waals surface area contributed by atoms with Crippen LogP contribution in [0.2, 0.25) is 0 Å². The third-order valence-electron chi connectivity index (χ3n) is 1.84. The lowest BCUT2D eigenvalue weighted by Crippen LogP contribution is -1.75. The van der Waals surface area contributed by atoms with E-state index in [2.05, 4.69) is 25.1 Å². The number of benzene rings is 1. The first-order chi connectivity index (χ1) is 7.97. The van der Waals surface area contributed by atoms with Gasteiger partial charge in [0.25, 0.3) is 0 Å². The highest BCUT2D eigenvalue weighted by atomic mass is 16.5. The fourth-order valence-electron chi connectivity index (χ4n) is 1.11. The smallest absolute Gasteiger partial charge is 0.152 e. The second kappa shape index (κ2) is 5.45. The Kier molecular flexibility index (Phi) is 3.44. The Morgan fingerprint density at radius 3 is 2.44 bits per heavy atom. The number of rotatable bonds is 1. The zero-order chi connectivity index (χ0) is 11.1. The van der Waals surface area contributed by atoms with Crippen molar-refractivity contribution < 1.29 is 4.52 Å². The molecule has 0 atom stereocenters. The van der Waals surface area contributed by atoms with Crippen LogP contribution >= 0.6 is 0 Å². The van der Waals surface area contributed by atoms with Crippen LogP contribution in [0.25, 0.3) is 11.3 Å². The Hall–Kier alpha value is -2.43. The number of aromatic amines is 1. The number of aromatic nitrogens is 4. The van der Waals surface area contributed by atoms with Crippen molar-refractivity contribution in [1.82, 2.24) is 20.6 Å². The standard InChI is InChI=1S/C8H6N2O.C3H4N2/c1-2-4-7(5-3-1)8-6-11-10-9-8;1-2-4-5-3-1/h1-6H;1-3H,(H,4,5). The monoisotopic (exact) mass is 214 g/mol. The van der Waals surface area contributed by atoms with Crippen molar-refractivity contribution in [2.75, 3.05) is 0 Å². The second-order valence-corrected chi connectivity index (χ2v) is 2.92. The summed E-state index contributed by atoms with van der Waals surface area (Å²) in [6.07, 6.45) is 4.98. The first kappa shape index (κ1) is 10.1. The van der Waals surface area contributed by atoms with Gasteiger partial charge in [-0.1, -0.05) is 30.3 Å². The normalized spacial score (nSPS) is 9.25. The van der Waals surface area contributed by atoms with Crippen molar-refractivity contribution in [3.8, 4) is 11.3 Å². The SMILES string of the molecule is c1ccc(-c2conn2)cc1.c1cn[nH]c1. The van der Waals surface area contributed by atoms with E-state index in [0.29, 0.717) is 0 Å². The molecule has 0 bridgehead atoms. The summed E-state index contributed by atoms with van der Waals surface area (Å²) in [5, 5.41) is 13.4. The van der Waals surface area contributed by atoms with Gasteiger partial charge in [-0.15, -0.1) is 5.10 Å². The van der Waals surface area contributed by atoms with Crippen LogP contribution in [-0.2, 0) is 0 Å². The molecule has 0 aliphatic carbocycles. The van der Waals surface area contributed by atoms with Gasteiger partial charge in [-0.3, -0.25) is 5.10 Å². The predicted octanol–water partition coefficient (Wildman–Crippen LogP) is 2.15. The first-order valence-corrected chi connectivity index (χ1v) is 4.73. The summed E-state index contributed by atoms with van der Waals surface area (Å²) in [4.78, 5) is 0. The molecule has 80 valence electrons. The van der Waals surface area contributed by atoms with Gasteiger partial charge in [0.2, 0.25) is 0 Å². The van der Waals surface area contributed by atoms with Gasteiger partial charge < -0.3 is 4.52 Å². The lowest BCUT2D eigenvalue weighted by Gasteiger charge is -1.89. The molecule has 0 saturated heterocycles. The maximum atomic E-state index is 4.61. The van der Waals surface area contributed by atoms with Crippen LogP contribution in [0.5, 0.6) is 0 Å². The van der Waals surface area contributed by atoms with E-state index in [4.69, 9.17) is 0 Å². The van der Waals surface area contributed by atoms with Gasteiger partial charge in [-0.05, 0) is 6.07 Å². The summed E-state index contributed by atoms with van der Waals surface area (Å²) in [5.41, 5.74) is 1.79. The Labute approximate surface area is 92.1 Å². The number of hydrogen-bond acceptors (Lipinski definition) is 4. The van der Waals surface area contributed by atoms with Crippen molar-refractivity contribution in [2.45, 2.75) is 0 Å². The summed E-state index contributed by atoms with van der Waals surface area (Å²) in [5.74, 6) is 0. The van der Waals surface area contributed by atoms with Gasteiger partial charge in [0.1, 0.15) is 5.69 Å². The first-order valence-electron chi connectivity index (χ1n) is 4.73. The molecule has 2 aromatic heterocycles. The molecular formula is C11H10N4O. The Balaban J connectivity index is 0.000000162. The topological polar surface area (TPSA) is 67.6 Å². The van der Waals surface area contributed by atoms with Crippen LogP contribution in [0.1, 0.15) is 0 Å². The summed E-state index contributed by atoms with van der Waals surface area (Å²) in [7, 11) is 0. The summed E-state index contributed by atoms with van der Waals surface area (Å²) in [6.45, 7) is 0. The molecule has 2 heterocycles. The molecule has 0 aliphatic rings. The van der Waals surface area contributed by atoms with Crippen LogP contribution in [0.4, 0.5) is 0 Å².